The van der Waals surface area contributed by atoms with E-state index in [4.69, 9.17) is 4.74 Å². The average Bonchev–Trinajstić information content (AvgIpc) is 2.66. The van der Waals surface area contributed by atoms with Crippen molar-refractivity contribution in [2.24, 2.45) is 0 Å². The lowest BCUT2D eigenvalue weighted by Gasteiger charge is -2.15. The first kappa shape index (κ1) is 18.4. The predicted octanol–water partition coefficient (Wildman–Crippen LogP) is 3.62. The molecule has 0 aliphatic heterocycles. The molecular weight excluding hydrogens is 316 g/mol. The maximum Gasteiger partial charge on any atom is 0.255 e. The highest BCUT2D eigenvalue weighted by Gasteiger charge is 2.10. The van der Waals surface area contributed by atoms with Crippen LogP contribution in [-0.4, -0.2) is 25.5 Å². The number of anilines is 2. The van der Waals surface area contributed by atoms with Crippen molar-refractivity contribution in [3.63, 3.8) is 0 Å². The fourth-order valence-electron chi connectivity index (χ4n) is 2.21. The van der Waals surface area contributed by atoms with Gasteiger partial charge in [-0.25, -0.2) is 0 Å². The Morgan fingerprint density at radius 2 is 1.76 bits per heavy atom. The lowest BCUT2D eigenvalue weighted by Crippen LogP contribution is -2.23. The molecule has 0 saturated heterocycles. The number of amides is 2. The standard InChI is InChI=1S/C20H22N2O3/c1-4-19(23)22(3)18-12-8-16(9-13-18)20(24)21-17-10-6-15(7-11-17)14-25-5-2/h4,6-13H,1,5,14H2,2-3H3,(H,21,24). The average molecular weight is 338 g/mol. The number of carbonyl (C=O) groups excluding carboxylic acids is 2. The monoisotopic (exact) mass is 338 g/mol. The molecule has 130 valence electrons. The van der Waals surface area contributed by atoms with Crippen LogP contribution in [0, 0.1) is 0 Å². The SMILES string of the molecule is C=CC(=O)N(C)c1ccc(C(=O)Nc2ccc(COCC)cc2)cc1. The van der Waals surface area contributed by atoms with Gasteiger partial charge in [0.1, 0.15) is 0 Å². The Kier molecular flexibility index (Phi) is 6.48. The number of nitrogens with one attached hydrogen (secondary N) is 1. The van der Waals surface area contributed by atoms with Crippen LogP contribution in [-0.2, 0) is 16.1 Å². The third kappa shape index (κ3) is 5.02. The van der Waals surface area contributed by atoms with Crippen molar-refractivity contribution in [2.45, 2.75) is 13.5 Å². The molecule has 0 radical (unpaired) electrons. The third-order valence-corrected chi connectivity index (χ3v) is 3.71. The first-order valence-electron chi connectivity index (χ1n) is 8.03. The van der Waals surface area contributed by atoms with Crippen molar-refractivity contribution in [1.29, 1.82) is 0 Å². The number of ether oxygens (including phenoxy) is 1. The van der Waals surface area contributed by atoms with Crippen LogP contribution in [0.5, 0.6) is 0 Å². The minimum Gasteiger partial charge on any atom is -0.377 e. The number of carbonyl (C=O) groups is 2. The number of benzene rings is 2. The van der Waals surface area contributed by atoms with E-state index in [1.54, 1.807) is 31.3 Å². The molecule has 0 aromatic heterocycles. The van der Waals surface area contributed by atoms with Crippen molar-refractivity contribution in [3.8, 4) is 0 Å². The van der Waals surface area contributed by atoms with E-state index in [9.17, 15) is 9.59 Å². The molecule has 5 nitrogen and oxygen atoms in total. The molecule has 0 atom stereocenters. The summed E-state index contributed by atoms with van der Waals surface area (Å²) in [5.74, 6) is -0.411. The van der Waals surface area contributed by atoms with Crippen LogP contribution in [0.2, 0.25) is 0 Å². The van der Waals surface area contributed by atoms with E-state index in [0.717, 1.165) is 5.56 Å². The van der Waals surface area contributed by atoms with Gasteiger partial charge < -0.3 is 15.0 Å². The number of hydrogen-bond acceptors (Lipinski definition) is 3. The molecule has 2 rings (SSSR count). The largest absolute Gasteiger partial charge is 0.377 e. The van der Waals surface area contributed by atoms with Crippen molar-refractivity contribution < 1.29 is 14.3 Å². The van der Waals surface area contributed by atoms with Crippen LogP contribution in [0.1, 0.15) is 22.8 Å². The smallest absolute Gasteiger partial charge is 0.255 e. The molecule has 0 unspecified atom stereocenters. The number of likely N-dealkylation sites (N-methyl/N-ethyl adjacent to an activating group) is 1. The maximum atomic E-state index is 12.3. The molecule has 0 aliphatic carbocycles. The van der Waals surface area contributed by atoms with Gasteiger partial charge in [0.2, 0.25) is 5.91 Å². The lowest BCUT2D eigenvalue weighted by atomic mass is 10.1. The molecule has 2 aromatic carbocycles. The molecule has 25 heavy (non-hydrogen) atoms. The van der Waals surface area contributed by atoms with Crippen LogP contribution >= 0.6 is 0 Å². The van der Waals surface area contributed by atoms with Gasteiger partial charge in [-0.15, -0.1) is 0 Å². The molecule has 0 saturated carbocycles. The van der Waals surface area contributed by atoms with Crippen molar-refractivity contribution >= 4 is 23.2 Å². The van der Waals surface area contributed by atoms with E-state index in [0.29, 0.717) is 30.2 Å². The molecule has 0 spiro atoms. The summed E-state index contributed by atoms with van der Waals surface area (Å²) in [5, 5.41) is 2.85. The molecule has 5 heteroatoms. The van der Waals surface area contributed by atoms with Gasteiger partial charge in [-0.3, -0.25) is 9.59 Å². The van der Waals surface area contributed by atoms with Gasteiger partial charge in [0.05, 0.1) is 6.61 Å². The normalized spacial score (nSPS) is 10.2. The minimum absolute atomic E-state index is 0.204. The Morgan fingerprint density at radius 3 is 2.32 bits per heavy atom. The van der Waals surface area contributed by atoms with Gasteiger partial charge in [-0.2, -0.15) is 0 Å². The highest BCUT2D eigenvalue weighted by molar-refractivity contribution is 6.05. The van der Waals surface area contributed by atoms with E-state index in [-0.39, 0.29) is 11.8 Å². The topological polar surface area (TPSA) is 58.6 Å². The van der Waals surface area contributed by atoms with Gasteiger partial charge in [0, 0.05) is 30.6 Å². The first-order valence-corrected chi connectivity index (χ1v) is 8.03. The molecular formula is C20H22N2O3. The quantitative estimate of drug-likeness (QED) is 0.784. The van der Waals surface area contributed by atoms with Crippen LogP contribution < -0.4 is 10.2 Å². The third-order valence-electron chi connectivity index (χ3n) is 3.71. The maximum absolute atomic E-state index is 12.3. The van der Waals surface area contributed by atoms with Crippen molar-refractivity contribution in [3.05, 3.63) is 72.3 Å². The van der Waals surface area contributed by atoms with Crippen molar-refractivity contribution in [2.75, 3.05) is 23.9 Å². The molecule has 2 amide bonds. The molecule has 0 fully saturated rings. The molecule has 2 aromatic rings. The number of hydrogen-bond donors (Lipinski definition) is 1. The Labute approximate surface area is 147 Å². The summed E-state index contributed by atoms with van der Waals surface area (Å²) in [5.41, 5.74) is 2.98. The highest BCUT2D eigenvalue weighted by atomic mass is 16.5. The predicted molar refractivity (Wildman–Crippen MR) is 99.8 cm³/mol. The lowest BCUT2D eigenvalue weighted by molar-refractivity contribution is -0.113. The Bertz CT molecular complexity index is 737. The first-order chi connectivity index (χ1) is 12.0. The van der Waals surface area contributed by atoms with Gasteiger partial charge in [0.15, 0.2) is 0 Å². The summed E-state index contributed by atoms with van der Waals surface area (Å²) in [6.45, 7) is 6.64. The van der Waals surface area contributed by atoms with E-state index in [1.165, 1.54) is 11.0 Å². The molecule has 0 bridgehead atoms. The van der Waals surface area contributed by atoms with Gasteiger partial charge in [-0.1, -0.05) is 18.7 Å². The second kappa shape index (κ2) is 8.80. The van der Waals surface area contributed by atoms with E-state index in [2.05, 4.69) is 11.9 Å². The summed E-state index contributed by atoms with van der Waals surface area (Å²) < 4.78 is 5.34. The number of nitrogens with zero attached hydrogens (tertiary/aromatic N) is 1. The highest BCUT2D eigenvalue weighted by Crippen LogP contribution is 2.16. The fraction of sp³-hybridized carbons (Fsp3) is 0.200. The van der Waals surface area contributed by atoms with Gasteiger partial charge in [-0.05, 0) is 55.0 Å². The Morgan fingerprint density at radius 1 is 1.12 bits per heavy atom. The Balaban J connectivity index is 2.01. The van der Waals surface area contributed by atoms with Crippen LogP contribution in [0.25, 0.3) is 0 Å². The van der Waals surface area contributed by atoms with Crippen LogP contribution in [0.3, 0.4) is 0 Å². The Hall–Kier alpha value is -2.92. The van der Waals surface area contributed by atoms with E-state index in [1.807, 2.05) is 31.2 Å². The van der Waals surface area contributed by atoms with Crippen molar-refractivity contribution in [1.82, 2.24) is 0 Å². The molecule has 1 N–H and O–H groups in total. The summed E-state index contributed by atoms with van der Waals surface area (Å²) in [7, 11) is 1.66. The molecule has 0 heterocycles. The second-order valence-corrected chi connectivity index (χ2v) is 5.44. The second-order valence-electron chi connectivity index (χ2n) is 5.44. The van der Waals surface area contributed by atoms with Crippen LogP contribution in [0.15, 0.2) is 61.2 Å². The van der Waals surface area contributed by atoms with E-state index < -0.39 is 0 Å². The zero-order chi connectivity index (χ0) is 18.2. The van der Waals surface area contributed by atoms with Gasteiger partial charge >= 0.3 is 0 Å². The van der Waals surface area contributed by atoms with Crippen LogP contribution in [0.4, 0.5) is 11.4 Å². The summed E-state index contributed by atoms with van der Waals surface area (Å²) >= 11 is 0. The van der Waals surface area contributed by atoms with E-state index >= 15 is 0 Å². The molecule has 0 aliphatic rings. The zero-order valence-corrected chi connectivity index (χ0v) is 14.5. The summed E-state index contributed by atoms with van der Waals surface area (Å²) in [4.78, 5) is 25.4. The summed E-state index contributed by atoms with van der Waals surface area (Å²) in [6.07, 6.45) is 1.25. The zero-order valence-electron chi connectivity index (χ0n) is 14.5. The minimum atomic E-state index is -0.207. The number of rotatable bonds is 7. The fourth-order valence-corrected chi connectivity index (χ4v) is 2.21. The summed E-state index contributed by atoms with van der Waals surface area (Å²) in [6, 6.07) is 14.3. The van der Waals surface area contributed by atoms with Gasteiger partial charge in [0.25, 0.3) is 5.91 Å².